The molecule has 16 heavy (non-hydrogen) atoms. The van der Waals surface area contributed by atoms with E-state index in [0.29, 0.717) is 6.61 Å². The van der Waals surface area contributed by atoms with Crippen LogP contribution in [0.15, 0.2) is 6.07 Å². The predicted molar refractivity (Wildman–Crippen MR) is 85.4 cm³/mol. The quantitative estimate of drug-likeness (QED) is 0.267. The molecule has 0 saturated heterocycles. The smallest absolute Gasteiger partial charge is 0.434 e. The second-order valence-electron chi connectivity index (χ2n) is 3.11. The fourth-order valence-corrected chi connectivity index (χ4v) is 1.33. The molecule has 0 aromatic rings. The Balaban J connectivity index is 3.49. The largest absolute Gasteiger partial charge is 0.508 e. The zero-order valence-electron chi connectivity index (χ0n) is 9.10. The van der Waals surface area contributed by atoms with Gasteiger partial charge < -0.3 is 9.47 Å². The van der Waals surface area contributed by atoms with Gasteiger partial charge in [0.1, 0.15) is 6.61 Å². The van der Waals surface area contributed by atoms with Gasteiger partial charge in [-0.2, -0.15) is 0 Å². The van der Waals surface area contributed by atoms with Crippen molar-refractivity contribution in [2.45, 2.75) is 32.6 Å². The third kappa shape index (κ3) is 10.1. The van der Waals surface area contributed by atoms with Gasteiger partial charge in [-0.05, 0) is 67.5 Å². The van der Waals surface area contributed by atoms with Crippen LogP contribution in [-0.2, 0) is 9.47 Å². The summed E-state index contributed by atoms with van der Waals surface area (Å²) in [6.45, 7) is 2.85. The Hall–Kier alpha value is 0.950. The lowest BCUT2D eigenvalue weighted by atomic mass is 10.2. The van der Waals surface area contributed by atoms with Crippen molar-refractivity contribution in [2.75, 3.05) is 13.2 Å². The summed E-state index contributed by atoms with van der Waals surface area (Å²) in [4.78, 5) is 11.1. The molecule has 0 amide bonds. The Morgan fingerprint density at radius 1 is 1.19 bits per heavy atom. The minimum atomic E-state index is -0.587. The number of carbonyl (C=O) groups excluding carboxylic acids is 1. The first kappa shape index (κ1) is 16.9. The molecule has 3 nitrogen and oxygen atoms in total. The minimum absolute atomic E-state index is 0.262. The molecule has 94 valence electrons. The van der Waals surface area contributed by atoms with Gasteiger partial charge in [0.25, 0.3) is 0 Å². The zero-order valence-corrected chi connectivity index (χ0v) is 15.0. The van der Waals surface area contributed by atoms with E-state index in [0.717, 1.165) is 18.9 Å². The monoisotopic (exact) mass is 516 g/mol. The van der Waals surface area contributed by atoms with E-state index in [9.17, 15) is 4.79 Å². The van der Waals surface area contributed by atoms with E-state index < -0.39 is 6.16 Å². The SMILES string of the molecule is CCCCCCOC(=O)OC/C(I)=C(/Br)I. The number of halogens is 3. The van der Waals surface area contributed by atoms with Crippen LogP contribution in [0.5, 0.6) is 0 Å². The lowest BCUT2D eigenvalue weighted by molar-refractivity contribution is 0.0617. The van der Waals surface area contributed by atoms with Gasteiger partial charge >= 0.3 is 6.16 Å². The Kier molecular flexibility index (Phi) is 11.7. The van der Waals surface area contributed by atoms with Crippen LogP contribution in [0, 0.1) is 0 Å². The number of rotatable bonds is 7. The summed E-state index contributed by atoms with van der Waals surface area (Å²) in [5, 5.41) is 0. The minimum Gasteiger partial charge on any atom is -0.434 e. The maximum absolute atomic E-state index is 11.1. The highest BCUT2D eigenvalue weighted by molar-refractivity contribution is 14.1. The Morgan fingerprint density at radius 2 is 1.88 bits per heavy atom. The fraction of sp³-hybridized carbons (Fsp3) is 0.700. The van der Waals surface area contributed by atoms with E-state index in [1.165, 1.54) is 12.8 Å². The third-order valence-corrected chi connectivity index (χ3v) is 5.49. The summed E-state index contributed by atoms with van der Waals surface area (Å²) in [5.74, 6) is 0. The molecule has 0 aliphatic rings. The van der Waals surface area contributed by atoms with Gasteiger partial charge in [-0.1, -0.05) is 26.2 Å². The van der Waals surface area contributed by atoms with E-state index in [1.807, 2.05) is 0 Å². The van der Waals surface area contributed by atoms with E-state index in [2.05, 4.69) is 68.0 Å². The van der Waals surface area contributed by atoms with E-state index in [-0.39, 0.29) is 6.61 Å². The molecule has 0 spiro atoms. The zero-order chi connectivity index (χ0) is 12.4. The molecule has 0 aromatic carbocycles. The average Bonchev–Trinajstić information content (AvgIpc) is 2.25. The van der Waals surface area contributed by atoms with Crippen LogP contribution in [-0.4, -0.2) is 19.4 Å². The van der Waals surface area contributed by atoms with E-state index in [1.54, 1.807) is 0 Å². The van der Waals surface area contributed by atoms with Gasteiger partial charge in [0.2, 0.25) is 0 Å². The first-order valence-corrected chi connectivity index (χ1v) is 8.02. The Bertz CT molecular complexity index is 240. The van der Waals surface area contributed by atoms with Crippen LogP contribution in [0.1, 0.15) is 32.6 Å². The van der Waals surface area contributed by atoms with Crippen molar-refractivity contribution in [3.63, 3.8) is 0 Å². The number of unbranched alkanes of at least 4 members (excludes halogenated alkanes) is 3. The molecule has 0 N–H and O–H groups in total. The van der Waals surface area contributed by atoms with Gasteiger partial charge in [0.15, 0.2) is 0 Å². The van der Waals surface area contributed by atoms with Crippen LogP contribution < -0.4 is 0 Å². The highest BCUT2D eigenvalue weighted by atomic mass is 127. The van der Waals surface area contributed by atoms with Crippen molar-refractivity contribution >= 4 is 67.3 Å². The maximum atomic E-state index is 11.1. The van der Waals surface area contributed by atoms with E-state index >= 15 is 0 Å². The lowest BCUT2D eigenvalue weighted by Crippen LogP contribution is -2.09. The molecule has 0 fully saturated rings. The summed E-state index contributed by atoms with van der Waals surface area (Å²) in [7, 11) is 0. The predicted octanol–water partition coefficient (Wildman–Crippen LogP) is 5.15. The van der Waals surface area contributed by atoms with Gasteiger partial charge in [0.05, 0.1) is 9.10 Å². The molecule has 0 aliphatic carbocycles. The van der Waals surface area contributed by atoms with Gasteiger partial charge in [-0.25, -0.2) is 4.79 Å². The second kappa shape index (κ2) is 11.1. The Labute approximate surface area is 132 Å². The fourth-order valence-electron chi connectivity index (χ4n) is 0.903. The average molecular weight is 517 g/mol. The van der Waals surface area contributed by atoms with Crippen molar-refractivity contribution < 1.29 is 14.3 Å². The van der Waals surface area contributed by atoms with Crippen LogP contribution in [0.2, 0.25) is 0 Å². The number of hydrogen-bond acceptors (Lipinski definition) is 3. The van der Waals surface area contributed by atoms with Crippen LogP contribution in [0.3, 0.4) is 0 Å². The van der Waals surface area contributed by atoms with Gasteiger partial charge in [-0.15, -0.1) is 0 Å². The van der Waals surface area contributed by atoms with Crippen molar-refractivity contribution in [3.05, 3.63) is 6.07 Å². The molecule has 0 saturated carbocycles. The van der Waals surface area contributed by atoms with Crippen molar-refractivity contribution in [1.29, 1.82) is 0 Å². The molecular formula is C10H15BrI2O3. The maximum Gasteiger partial charge on any atom is 0.508 e. The molecule has 0 bridgehead atoms. The highest BCUT2D eigenvalue weighted by Gasteiger charge is 2.05. The highest BCUT2D eigenvalue weighted by Crippen LogP contribution is 2.24. The summed E-state index contributed by atoms with van der Waals surface area (Å²) in [6, 6.07) is 0. The van der Waals surface area contributed by atoms with E-state index in [4.69, 9.17) is 9.47 Å². The molecule has 0 aliphatic heterocycles. The Morgan fingerprint density at radius 3 is 2.44 bits per heavy atom. The van der Waals surface area contributed by atoms with Crippen LogP contribution >= 0.6 is 61.1 Å². The van der Waals surface area contributed by atoms with Crippen molar-refractivity contribution in [2.24, 2.45) is 0 Å². The number of hydrogen-bond donors (Lipinski definition) is 0. The summed E-state index contributed by atoms with van der Waals surface area (Å²) >= 11 is 7.53. The molecule has 0 aromatic heterocycles. The molecule has 6 heteroatoms. The molecule has 0 heterocycles. The lowest BCUT2D eigenvalue weighted by Gasteiger charge is -2.05. The van der Waals surface area contributed by atoms with Gasteiger partial charge in [0, 0.05) is 3.58 Å². The second-order valence-corrected chi connectivity index (χ2v) is 7.77. The van der Waals surface area contributed by atoms with Crippen molar-refractivity contribution in [1.82, 2.24) is 0 Å². The van der Waals surface area contributed by atoms with Crippen molar-refractivity contribution in [3.8, 4) is 0 Å². The summed E-state index contributed by atoms with van der Waals surface area (Å²) < 4.78 is 11.7. The first-order valence-electron chi connectivity index (χ1n) is 5.07. The first-order chi connectivity index (χ1) is 7.57. The van der Waals surface area contributed by atoms with Crippen LogP contribution in [0.25, 0.3) is 0 Å². The molecular weight excluding hydrogens is 502 g/mol. The molecule has 0 radical (unpaired) electrons. The molecule has 0 rings (SSSR count). The standard InChI is InChI=1S/C10H15BrI2O3/c1-2-3-4-5-6-15-10(14)16-7-8(12)9(11)13/h2-7H2,1H3/b9-8+. The topological polar surface area (TPSA) is 35.5 Å². The van der Waals surface area contributed by atoms with Gasteiger partial charge in [-0.3, -0.25) is 0 Å². The number of ether oxygens (including phenoxy) is 2. The molecule has 0 unspecified atom stereocenters. The summed E-state index contributed by atoms with van der Waals surface area (Å²) in [5.41, 5.74) is 0. The summed E-state index contributed by atoms with van der Waals surface area (Å²) in [6.07, 6.45) is 3.78. The number of carbonyl (C=O) groups is 1. The normalized spacial score (nSPS) is 12.0. The van der Waals surface area contributed by atoms with Crippen LogP contribution in [0.4, 0.5) is 4.79 Å². The molecule has 0 atom stereocenters. The third-order valence-electron chi connectivity index (χ3n) is 1.74.